The normalized spacial score (nSPS) is 30.4. The van der Waals surface area contributed by atoms with Gasteiger partial charge in [-0.3, -0.25) is 15.2 Å². The van der Waals surface area contributed by atoms with Crippen molar-refractivity contribution in [3.8, 4) is 11.3 Å². The minimum absolute atomic E-state index is 0.125. The number of ether oxygens (including phenoxy) is 1. The Balaban J connectivity index is 1.32. The Kier molecular flexibility index (Phi) is 3.02. The van der Waals surface area contributed by atoms with E-state index in [0.717, 1.165) is 30.9 Å². The SMILES string of the molecule is c1cncc(-c2cc(NC3=NC[C@@]4(CN5CC[C@H]4C5)O3)ncn2)c1. The van der Waals surface area contributed by atoms with Crippen LogP contribution in [-0.4, -0.2) is 57.7 Å². The van der Waals surface area contributed by atoms with Gasteiger partial charge >= 0.3 is 0 Å². The van der Waals surface area contributed by atoms with Crippen molar-refractivity contribution in [2.75, 3.05) is 31.5 Å². The van der Waals surface area contributed by atoms with Gasteiger partial charge in [-0.2, -0.15) is 0 Å². The first-order valence-corrected chi connectivity index (χ1v) is 8.26. The van der Waals surface area contributed by atoms with E-state index in [-0.39, 0.29) is 5.60 Å². The Bertz CT molecular complexity index is 795. The lowest BCUT2D eigenvalue weighted by molar-refractivity contribution is 0.0364. The fraction of sp³-hybridized carbons (Fsp3) is 0.412. The molecular formula is C17H18N6O. The molecule has 0 aromatic carbocycles. The summed E-state index contributed by atoms with van der Waals surface area (Å²) in [5.41, 5.74) is 1.65. The van der Waals surface area contributed by atoms with Crippen molar-refractivity contribution >= 4 is 11.8 Å². The number of hydrogen-bond acceptors (Lipinski definition) is 7. The molecule has 2 aromatic heterocycles. The fourth-order valence-corrected chi connectivity index (χ4v) is 3.94. The minimum atomic E-state index is -0.125. The molecule has 0 saturated carbocycles. The molecule has 24 heavy (non-hydrogen) atoms. The van der Waals surface area contributed by atoms with Crippen LogP contribution in [-0.2, 0) is 4.74 Å². The zero-order chi connectivity index (χ0) is 16.0. The van der Waals surface area contributed by atoms with Gasteiger partial charge in [0.2, 0.25) is 0 Å². The maximum atomic E-state index is 6.22. The average Bonchev–Trinajstić information content (AvgIpc) is 3.33. The highest BCUT2D eigenvalue weighted by Gasteiger charge is 2.54. The van der Waals surface area contributed by atoms with Crippen LogP contribution in [0, 0.1) is 5.92 Å². The summed E-state index contributed by atoms with van der Waals surface area (Å²) in [6.45, 7) is 4.05. The zero-order valence-electron chi connectivity index (χ0n) is 13.2. The first-order valence-electron chi connectivity index (χ1n) is 8.26. The molecule has 7 heteroatoms. The third-order valence-corrected chi connectivity index (χ3v) is 5.16. The van der Waals surface area contributed by atoms with Crippen LogP contribution in [0.15, 0.2) is 41.9 Å². The highest BCUT2D eigenvalue weighted by atomic mass is 16.5. The molecule has 2 bridgehead atoms. The monoisotopic (exact) mass is 322 g/mol. The summed E-state index contributed by atoms with van der Waals surface area (Å²) in [5, 5.41) is 3.20. The standard InChI is InChI=1S/C17H18N6O/c1-2-12(7-18-4-1)14-6-15(21-11-20-14)22-16-19-9-17(24-16)10-23-5-3-13(17)8-23/h1-2,4,6-7,11,13H,3,5,8-10H2,(H,19,20,21,22)/t13-,17-/m0/s1. The Morgan fingerprint density at radius 2 is 2.33 bits per heavy atom. The molecule has 5 rings (SSSR count). The van der Waals surface area contributed by atoms with Crippen LogP contribution in [0.3, 0.4) is 0 Å². The summed E-state index contributed by atoms with van der Waals surface area (Å²) in [4.78, 5) is 19.8. The lowest BCUT2D eigenvalue weighted by Gasteiger charge is -2.32. The number of hydrogen-bond donors (Lipinski definition) is 1. The van der Waals surface area contributed by atoms with E-state index in [2.05, 4.69) is 30.2 Å². The molecule has 1 spiro atoms. The van der Waals surface area contributed by atoms with E-state index in [4.69, 9.17) is 4.74 Å². The first-order chi connectivity index (χ1) is 11.8. The molecule has 1 N–H and O–H groups in total. The summed E-state index contributed by atoms with van der Waals surface area (Å²) in [5.74, 6) is 1.28. The molecule has 122 valence electrons. The maximum Gasteiger partial charge on any atom is 0.291 e. The molecule has 2 saturated heterocycles. The number of nitrogens with one attached hydrogen (secondary N) is 1. The van der Waals surface area contributed by atoms with E-state index in [0.29, 0.717) is 17.8 Å². The first kappa shape index (κ1) is 13.9. The third kappa shape index (κ3) is 2.24. The van der Waals surface area contributed by atoms with Gasteiger partial charge in [-0.15, -0.1) is 0 Å². The molecule has 0 amide bonds. The van der Waals surface area contributed by atoms with Crippen LogP contribution in [0.25, 0.3) is 11.3 Å². The van der Waals surface area contributed by atoms with E-state index in [9.17, 15) is 0 Å². The smallest absolute Gasteiger partial charge is 0.291 e. The largest absolute Gasteiger partial charge is 0.455 e. The number of pyridine rings is 1. The van der Waals surface area contributed by atoms with Gasteiger partial charge in [-0.1, -0.05) is 0 Å². The van der Waals surface area contributed by atoms with Gasteiger partial charge in [0, 0.05) is 43.0 Å². The van der Waals surface area contributed by atoms with Gasteiger partial charge < -0.3 is 4.74 Å². The van der Waals surface area contributed by atoms with Crippen LogP contribution in [0.5, 0.6) is 0 Å². The second-order valence-electron chi connectivity index (χ2n) is 6.66. The topological polar surface area (TPSA) is 75.5 Å². The molecule has 2 fully saturated rings. The number of amidine groups is 1. The van der Waals surface area contributed by atoms with Gasteiger partial charge in [0.1, 0.15) is 17.7 Å². The molecule has 0 radical (unpaired) electrons. The molecule has 7 nitrogen and oxygen atoms in total. The van der Waals surface area contributed by atoms with Crippen LogP contribution < -0.4 is 5.32 Å². The summed E-state index contributed by atoms with van der Waals surface area (Å²) < 4.78 is 6.22. The number of aliphatic imine (C=N–C) groups is 1. The summed E-state index contributed by atoms with van der Waals surface area (Å²) in [6, 6.07) is 6.32. The van der Waals surface area contributed by atoms with Crippen molar-refractivity contribution in [2.45, 2.75) is 12.0 Å². The quantitative estimate of drug-likeness (QED) is 0.901. The summed E-state index contributed by atoms with van der Waals surface area (Å²) >= 11 is 0. The summed E-state index contributed by atoms with van der Waals surface area (Å²) in [6.07, 6.45) is 6.28. The number of rotatable bonds is 2. The van der Waals surface area contributed by atoms with Crippen molar-refractivity contribution in [1.29, 1.82) is 0 Å². The number of aromatic nitrogens is 3. The van der Waals surface area contributed by atoms with Gasteiger partial charge in [-0.25, -0.2) is 15.0 Å². The lowest BCUT2D eigenvalue weighted by Crippen LogP contribution is -2.46. The second kappa shape index (κ2) is 5.24. The van der Waals surface area contributed by atoms with E-state index in [1.165, 1.54) is 13.0 Å². The van der Waals surface area contributed by atoms with Gasteiger partial charge in [0.05, 0.1) is 12.2 Å². The number of nitrogens with zero attached hydrogens (tertiary/aromatic N) is 5. The molecule has 3 atom stereocenters. The predicted molar refractivity (Wildman–Crippen MR) is 89.6 cm³/mol. The Labute approximate surface area is 139 Å². The Morgan fingerprint density at radius 1 is 1.33 bits per heavy atom. The molecule has 3 aliphatic rings. The number of fused-ring (bicyclic) bond motifs is 3. The average molecular weight is 322 g/mol. The molecule has 1 unspecified atom stereocenters. The van der Waals surface area contributed by atoms with E-state index < -0.39 is 0 Å². The van der Waals surface area contributed by atoms with Crippen molar-refractivity contribution in [3.63, 3.8) is 0 Å². The maximum absolute atomic E-state index is 6.22. The van der Waals surface area contributed by atoms with Crippen LogP contribution in [0.1, 0.15) is 6.42 Å². The molecular weight excluding hydrogens is 304 g/mol. The molecule has 5 heterocycles. The Morgan fingerprint density at radius 3 is 3.12 bits per heavy atom. The summed E-state index contributed by atoms with van der Waals surface area (Å²) in [7, 11) is 0. The van der Waals surface area contributed by atoms with Gasteiger partial charge in [0.25, 0.3) is 6.02 Å². The van der Waals surface area contributed by atoms with Crippen LogP contribution in [0.2, 0.25) is 0 Å². The Hall–Kier alpha value is -2.54. The van der Waals surface area contributed by atoms with Gasteiger partial charge in [-0.05, 0) is 25.1 Å². The van der Waals surface area contributed by atoms with Crippen LogP contribution in [0.4, 0.5) is 5.82 Å². The minimum Gasteiger partial charge on any atom is -0.455 e. The molecule has 3 aliphatic heterocycles. The zero-order valence-corrected chi connectivity index (χ0v) is 13.2. The van der Waals surface area contributed by atoms with Crippen molar-refractivity contribution < 1.29 is 4.74 Å². The van der Waals surface area contributed by atoms with E-state index in [1.807, 2.05) is 18.2 Å². The third-order valence-electron chi connectivity index (χ3n) is 5.16. The highest BCUT2D eigenvalue weighted by molar-refractivity contribution is 5.90. The fourth-order valence-electron chi connectivity index (χ4n) is 3.94. The lowest BCUT2D eigenvalue weighted by atomic mass is 9.88. The molecule has 2 aromatic rings. The second-order valence-corrected chi connectivity index (χ2v) is 6.66. The van der Waals surface area contributed by atoms with E-state index >= 15 is 0 Å². The number of piperidine rings is 1. The van der Waals surface area contributed by atoms with Gasteiger partial charge in [0.15, 0.2) is 0 Å². The predicted octanol–water partition coefficient (Wildman–Crippen LogP) is 1.41. The molecule has 0 aliphatic carbocycles. The van der Waals surface area contributed by atoms with Crippen molar-refractivity contribution in [1.82, 2.24) is 19.9 Å². The van der Waals surface area contributed by atoms with E-state index in [1.54, 1.807) is 18.7 Å². The van der Waals surface area contributed by atoms with Crippen molar-refractivity contribution in [2.24, 2.45) is 10.9 Å². The van der Waals surface area contributed by atoms with Crippen LogP contribution >= 0.6 is 0 Å². The number of anilines is 1. The highest BCUT2D eigenvalue weighted by Crippen LogP contribution is 2.41. The van der Waals surface area contributed by atoms with Crippen molar-refractivity contribution in [3.05, 3.63) is 36.9 Å².